The molecule has 160 valence electrons. The fourth-order valence-electron chi connectivity index (χ4n) is 6.74. The lowest BCUT2D eigenvalue weighted by molar-refractivity contribution is -0.0398. The lowest BCUT2D eigenvalue weighted by Crippen LogP contribution is -2.51. The van der Waals surface area contributed by atoms with Gasteiger partial charge in [-0.15, -0.1) is 0 Å². The van der Waals surface area contributed by atoms with Crippen LogP contribution in [-0.2, 0) is 10.1 Å². The van der Waals surface area contributed by atoms with Gasteiger partial charge < -0.3 is 4.18 Å². The van der Waals surface area contributed by atoms with E-state index >= 15 is 0 Å². The Balaban J connectivity index is 1.30. The Bertz CT molecular complexity index is 1240. The summed E-state index contributed by atoms with van der Waals surface area (Å²) in [5, 5.41) is 0.804. The quantitative estimate of drug-likeness (QED) is 0.524. The van der Waals surface area contributed by atoms with Gasteiger partial charge in [0, 0.05) is 11.6 Å². The highest BCUT2D eigenvalue weighted by Crippen LogP contribution is 2.60. The van der Waals surface area contributed by atoms with Gasteiger partial charge in [0.1, 0.15) is 10.6 Å². The fraction of sp³-hybridized carbons (Fsp3) is 0.400. The zero-order chi connectivity index (χ0) is 21.2. The van der Waals surface area contributed by atoms with Crippen LogP contribution in [0.1, 0.15) is 43.3 Å². The summed E-state index contributed by atoms with van der Waals surface area (Å²) in [6.45, 7) is 0. The number of nitrogens with zero attached hydrogens (tertiary/aromatic N) is 1. The van der Waals surface area contributed by atoms with Crippen LogP contribution in [0.15, 0.2) is 65.7 Å². The predicted molar refractivity (Wildman–Crippen MR) is 117 cm³/mol. The lowest BCUT2D eigenvalue weighted by Gasteiger charge is -2.55. The molecule has 0 aliphatic heterocycles. The first-order valence-electron chi connectivity index (χ1n) is 11.1. The molecule has 7 rings (SSSR count). The number of rotatable bonds is 4. The highest BCUT2D eigenvalue weighted by Gasteiger charge is 2.55. The van der Waals surface area contributed by atoms with Gasteiger partial charge in [-0.3, -0.25) is 9.36 Å². The molecule has 5 nitrogen and oxygen atoms in total. The molecule has 0 radical (unpaired) electrons. The summed E-state index contributed by atoms with van der Waals surface area (Å²) in [6, 6.07) is 15.1. The van der Waals surface area contributed by atoms with Crippen LogP contribution in [0, 0.1) is 23.2 Å². The number of fused-ring (bicyclic) bond motifs is 1. The predicted octanol–water partition coefficient (Wildman–Crippen LogP) is 5.27. The van der Waals surface area contributed by atoms with Crippen LogP contribution in [0.2, 0.25) is 0 Å². The molecule has 3 aromatic rings. The van der Waals surface area contributed by atoms with Gasteiger partial charge in [-0.05, 0) is 92.7 Å². The highest BCUT2D eigenvalue weighted by atomic mass is 32.2. The maximum Gasteiger partial charge on any atom is 0.339 e. The summed E-state index contributed by atoms with van der Waals surface area (Å²) in [5.74, 6) is 2.59. The van der Waals surface area contributed by atoms with E-state index in [0.717, 1.165) is 30.2 Å². The third-order valence-corrected chi connectivity index (χ3v) is 8.87. The molecule has 4 fully saturated rings. The normalized spacial score (nSPS) is 29.4. The number of hydrogen-bond acceptors (Lipinski definition) is 4. The summed E-state index contributed by atoms with van der Waals surface area (Å²) >= 11 is 0. The summed E-state index contributed by atoms with van der Waals surface area (Å²) in [4.78, 5) is 13.8. The second-order valence-electron chi connectivity index (χ2n) is 9.76. The minimum Gasteiger partial charge on any atom is -0.379 e. The third-order valence-electron chi connectivity index (χ3n) is 7.61. The van der Waals surface area contributed by atoms with E-state index in [1.54, 1.807) is 41.0 Å². The van der Waals surface area contributed by atoms with Crippen LogP contribution >= 0.6 is 0 Å². The van der Waals surface area contributed by atoms with Crippen LogP contribution in [0.25, 0.3) is 10.9 Å². The molecule has 0 atom stereocenters. The summed E-state index contributed by atoms with van der Waals surface area (Å²) in [7, 11) is -3.90. The Labute approximate surface area is 182 Å². The van der Waals surface area contributed by atoms with Crippen molar-refractivity contribution < 1.29 is 17.4 Å². The number of carbonyl (C=O) groups is 1. The number of aromatic nitrogens is 1. The van der Waals surface area contributed by atoms with Crippen LogP contribution in [0.3, 0.4) is 0 Å². The van der Waals surface area contributed by atoms with E-state index in [4.69, 9.17) is 4.18 Å². The molecule has 0 saturated heterocycles. The van der Waals surface area contributed by atoms with Gasteiger partial charge in [0.2, 0.25) is 5.91 Å². The summed E-state index contributed by atoms with van der Waals surface area (Å²) in [5.41, 5.74) is 0.595. The standard InChI is InChI=1S/C25H25NO4S/c27-24(25-14-17-10-18(15-25)12-19(11-17)16-25)26-9-8-20-13-21(6-7-23(20)26)30-31(28,29)22-4-2-1-3-5-22/h1-9,13,17-19H,10-12,14-16H2. The summed E-state index contributed by atoms with van der Waals surface area (Å²) in [6.07, 6.45) is 8.80. The SMILES string of the molecule is O=C(n1ccc2cc(OS(=O)(=O)c3ccccc3)ccc21)C12CC3CC(CC(C3)C1)C2. The van der Waals surface area contributed by atoms with E-state index in [-0.39, 0.29) is 22.0 Å². The molecule has 4 aliphatic carbocycles. The Morgan fingerprint density at radius 2 is 1.55 bits per heavy atom. The molecule has 1 aromatic heterocycles. The number of carbonyl (C=O) groups excluding carboxylic acids is 1. The molecule has 4 saturated carbocycles. The van der Waals surface area contributed by atoms with Crippen molar-refractivity contribution in [2.75, 3.05) is 0 Å². The Kier molecular flexibility index (Phi) is 4.13. The first-order chi connectivity index (χ1) is 14.9. The molecule has 0 spiro atoms. The minimum atomic E-state index is -3.90. The second kappa shape index (κ2) is 6.70. The molecule has 0 N–H and O–H groups in total. The van der Waals surface area contributed by atoms with Gasteiger partial charge in [-0.1, -0.05) is 18.2 Å². The number of benzene rings is 2. The smallest absolute Gasteiger partial charge is 0.339 e. The van der Waals surface area contributed by atoms with Gasteiger partial charge in [0.05, 0.1) is 10.9 Å². The van der Waals surface area contributed by atoms with Gasteiger partial charge in [0.25, 0.3) is 0 Å². The van der Waals surface area contributed by atoms with E-state index in [1.165, 1.54) is 31.4 Å². The van der Waals surface area contributed by atoms with Crippen LogP contribution in [-0.4, -0.2) is 18.9 Å². The first-order valence-corrected chi connectivity index (χ1v) is 12.5. The lowest BCUT2D eigenvalue weighted by atomic mass is 9.49. The van der Waals surface area contributed by atoms with Gasteiger partial charge in [-0.25, -0.2) is 0 Å². The van der Waals surface area contributed by atoms with Crippen LogP contribution in [0.4, 0.5) is 0 Å². The van der Waals surface area contributed by atoms with Gasteiger partial charge >= 0.3 is 10.1 Å². The maximum absolute atomic E-state index is 13.7. The molecular weight excluding hydrogens is 410 g/mol. The van der Waals surface area contributed by atoms with Crippen molar-refractivity contribution in [3.8, 4) is 5.75 Å². The average Bonchev–Trinajstić information content (AvgIpc) is 3.15. The topological polar surface area (TPSA) is 65.4 Å². The van der Waals surface area contributed by atoms with Crippen molar-refractivity contribution >= 4 is 26.9 Å². The molecule has 1 heterocycles. The molecule has 4 bridgehead atoms. The van der Waals surface area contributed by atoms with E-state index in [0.29, 0.717) is 17.8 Å². The van der Waals surface area contributed by atoms with Crippen molar-refractivity contribution in [2.45, 2.75) is 43.4 Å². The van der Waals surface area contributed by atoms with Gasteiger partial charge in [-0.2, -0.15) is 8.42 Å². The van der Waals surface area contributed by atoms with Crippen molar-refractivity contribution in [3.05, 3.63) is 60.8 Å². The van der Waals surface area contributed by atoms with Crippen molar-refractivity contribution in [2.24, 2.45) is 23.2 Å². The average molecular weight is 436 g/mol. The van der Waals surface area contributed by atoms with Gasteiger partial charge in [0.15, 0.2) is 0 Å². The molecule has 2 aromatic carbocycles. The van der Waals surface area contributed by atoms with E-state index in [1.807, 2.05) is 12.3 Å². The second-order valence-corrected chi connectivity index (χ2v) is 11.3. The molecule has 31 heavy (non-hydrogen) atoms. The van der Waals surface area contributed by atoms with Crippen LogP contribution in [0.5, 0.6) is 5.75 Å². The Morgan fingerprint density at radius 3 is 2.19 bits per heavy atom. The zero-order valence-corrected chi connectivity index (χ0v) is 18.1. The van der Waals surface area contributed by atoms with E-state index in [9.17, 15) is 13.2 Å². The molecule has 6 heteroatoms. The molecule has 0 amide bonds. The monoisotopic (exact) mass is 435 g/mol. The summed E-state index contributed by atoms with van der Waals surface area (Å²) < 4.78 is 32.2. The molecular formula is C25H25NO4S. The third kappa shape index (κ3) is 3.11. The van der Waals surface area contributed by atoms with Crippen molar-refractivity contribution in [1.82, 2.24) is 4.57 Å². The first kappa shape index (κ1) is 19.1. The minimum absolute atomic E-state index is 0.115. The highest BCUT2D eigenvalue weighted by molar-refractivity contribution is 7.87. The molecule has 0 unspecified atom stereocenters. The zero-order valence-electron chi connectivity index (χ0n) is 17.2. The number of hydrogen-bond donors (Lipinski definition) is 0. The van der Waals surface area contributed by atoms with E-state index in [2.05, 4.69) is 0 Å². The Morgan fingerprint density at radius 1 is 0.903 bits per heavy atom. The Hall–Kier alpha value is -2.60. The fourth-order valence-corrected chi connectivity index (χ4v) is 7.68. The van der Waals surface area contributed by atoms with Crippen molar-refractivity contribution in [3.63, 3.8) is 0 Å². The molecule has 4 aliphatic rings. The van der Waals surface area contributed by atoms with Crippen LogP contribution < -0.4 is 4.18 Å². The largest absolute Gasteiger partial charge is 0.379 e. The van der Waals surface area contributed by atoms with Crippen molar-refractivity contribution in [1.29, 1.82) is 0 Å². The van der Waals surface area contributed by atoms with E-state index < -0.39 is 10.1 Å². The maximum atomic E-state index is 13.7.